The minimum absolute atomic E-state index is 0.0572. The van der Waals surface area contributed by atoms with Gasteiger partial charge in [0.1, 0.15) is 15.7 Å². The second-order valence-electron chi connectivity index (χ2n) is 15.0. The number of aryl methyl sites for hydroxylation is 1. The van der Waals surface area contributed by atoms with Crippen LogP contribution in [0.3, 0.4) is 0 Å². The number of ether oxygens (including phenoxy) is 1. The second-order valence-corrected chi connectivity index (χ2v) is 17.7. The maximum Gasteiger partial charge on any atom is 0.327 e. The molecule has 0 aromatic heterocycles. The number of anilines is 1. The molecule has 7 rings (SSSR count). The van der Waals surface area contributed by atoms with Gasteiger partial charge in [0.15, 0.2) is 0 Å². The van der Waals surface area contributed by atoms with Crippen LogP contribution < -0.4 is 19.7 Å². The highest BCUT2D eigenvalue weighted by atomic mass is 35.5. The van der Waals surface area contributed by atoms with Crippen LogP contribution in [0.15, 0.2) is 52.9 Å². The van der Waals surface area contributed by atoms with Crippen molar-refractivity contribution in [2.45, 2.75) is 88.0 Å². The highest BCUT2D eigenvalue weighted by Crippen LogP contribution is 2.47. The molecule has 2 bridgehead atoms. The molecule has 1 unspecified atom stereocenters. The van der Waals surface area contributed by atoms with E-state index in [0.29, 0.717) is 36.9 Å². The van der Waals surface area contributed by atoms with Gasteiger partial charge in [-0.3, -0.25) is 4.79 Å². The van der Waals surface area contributed by atoms with Crippen LogP contribution in [-0.4, -0.2) is 64.8 Å². The fraction of sp³-hybridized carbons (Fsp3) is 0.568. The van der Waals surface area contributed by atoms with Crippen molar-refractivity contribution in [1.82, 2.24) is 10.0 Å². The van der Waals surface area contributed by atoms with Crippen LogP contribution in [0.25, 0.3) is 0 Å². The number of hydrogen-bond acceptors (Lipinski definition) is 6. The number of benzene rings is 2. The summed E-state index contributed by atoms with van der Waals surface area (Å²) in [7, 11) is -3.75. The molecular weight excluding hydrogens is 686 g/mol. The van der Waals surface area contributed by atoms with Gasteiger partial charge >= 0.3 is 6.03 Å². The topological polar surface area (TPSA) is 120 Å². The summed E-state index contributed by atoms with van der Waals surface area (Å²) in [6.45, 7) is 5.22. The Morgan fingerprint density at radius 3 is 2.76 bits per heavy atom. The first-order valence-electron chi connectivity index (χ1n) is 17.7. The third-order valence-corrected chi connectivity index (χ3v) is 14.4. The van der Waals surface area contributed by atoms with E-state index in [2.05, 4.69) is 25.4 Å². The SMILES string of the molecule is C[C@@H]1[C@@H](C)C/C=C\[C@H](O)[C@@H]2CC[C@H]2CN2C[C@@]3(CCCc4cc(Cl)ccc43)COc3ccc(cc32)C(=O)N=S1(=O)NC(=O)N[C@@H]1C[C@H]1C(F)F. The number of carbonyl (C=O) groups excluding carboxylic acids is 2. The van der Waals surface area contributed by atoms with E-state index in [1.54, 1.807) is 31.2 Å². The van der Waals surface area contributed by atoms with Gasteiger partial charge in [-0.05, 0) is 111 Å². The number of rotatable bonds is 3. The lowest BCUT2D eigenvalue weighted by atomic mass is 9.68. The van der Waals surface area contributed by atoms with Crippen LogP contribution in [0, 0.1) is 23.7 Å². The molecule has 270 valence electrons. The Morgan fingerprint density at radius 1 is 1.20 bits per heavy atom. The Hall–Kier alpha value is -3.22. The van der Waals surface area contributed by atoms with Gasteiger partial charge in [0, 0.05) is 41.1 Å². The predicted molar refractivity (Wildman–Crippen MR) is 189 cm³/mol. The number of nitrogens with one attached hydrogen (secondary N) is 2. The average Bonchev–Trinajstić information content (AvgIpc) is 3.85. The Kier molecular flexibility index (Phi) is 9.66. The number of alkyl halides is 2. The van der Waals surface area contributed by atoms with Gasteiger partial charge in [0.05, 0.1) is 23.6 Å². The zero-order valence-electron chi connectivity index (χ0n) is 28.3. The standard InChI is InChI=1S/C37H45ClF2N4O5S/c1-21-5-3-7-32(45)27-11-8-25(27)18-44-19-37(14-4-6-23-15-26(38)10-12-29(23)37)20-49-33-13-9-24(16-31(33)44)35(46)42-50(48,22(21)2)43-36(47)41-30-17-28(30)34(39)40/h3,7,9-10,12-13,15-16,21-22,25,27-28,30,32,34,45H,4-6,8,11,14,17-20H2,1-2H3,(H2,41,42,43,46,47,48)/b7-3-/t21-,22+,25-,27+,28+,30+,32-,37-,50?/m0/s1. The van der Waals surface area contributed by atoms with E-state index < -0.39 is 51.6 Å². The molecule has 3 amide bonds. The van der Waals surface area contributed by atoms with Crippen molar-refractivity contribution >= 4 is 39.1 Å². The summed E-state index contributed by atoms with van der Waals surface area (Å²) in [5.41, 5.74) is 3.01. The highest BCUT2D eigenvalue weighted by Gasteiger charge is 2.46. The van der Waals surface area contributed by atoms with Crippen LogP contribution >= 0.6 is 11.6 Å². The molecule has 3 N–H and O–H groups in total. The van der Waals surface area contributed by atoms with E-state index in [9.17, 15) is 27.7 Å². The number of aliphatic hydroxyl groups is 1. The van der Waals surface area contributed by atoms with Crippen LogP contribution in [0.5, 0.6) is 5.75 Å². The molecule has 0 saturated heterocycles. The highest BCUT2D eigenvalue weighted by molar-refractivity contribution is 7.93. The summed E-state index contributed by atoms with van der Waals surface area (Å²) < 4.78 is 54.0. The number of halogens is 3. The smallest absolute Gasteiger partial charge is 0.327 e. The lowest BCUT2D eigenvalue weighted by molar-refractivity contribution is 0.0456. The van der Waals surface area contributed by atoms with Crippen molar-refractivity contribution in [1.29, 1.82) is 0 Å². The number of carbonyl (C=O) groups is 2. The van der Waals surface area contributed by atoms with E-state index in [1.165, 1.54) is 11.1 Å². The number of fused-ring (bicyclic) bond motifs is 4. The Labute approximate surface area is 297 Å². The lowest BCUT2D eigenvalue weighted by Gasteiger charge is -2.45. The van der Waals surface area contributed by atoms with Gasteiger partial charge in [-0.15, -0.1) is 4.36 Å². The zero-order chi connectivity index (χ0) is 35.4. The normalized spacial score (nSPS) is 35.8. The fourth-order valence-electron chi connectivity index (χ4n) is 8.25. The van der Waals surface area contributed by atoms with E-state index in [-0.39, 0.29) is 35.2 Å². The van der Waals surface area contributed by atoms with Crippen LogP contribution in [-0.2, 0) is 21.8 Å². The molecule has 2 aliphatic heterocycles. The number of aliphatic hydroxyl groups excluding tert-OH is 1. The number of hydrogen-bond donors (Lipinski definition) is 3. The van der Waals surface area contributed by atoms with E-state index in [0.717, 1.165) is 37.8 Å². The predicted octanol–water partition coefficient (Wildman–Crippen LogP) is 6.66. The molecule has 3 aliphatic carbocycles. The third-order valence-electron chi connectivity index (χ3n) is 11.7. The van der Waals surface area contributed by atoms with Crippen LogP contribution in [0.4, 0.5) is 19.3 Å². The van der Waals surface area contributed by atoms with Gasteiger partial charge in [-0.25, -0.2) is 22.5 Å². The van der Waals surface area contributed by atoms with Crippen molar-refractivity contribution in [3.63, 3.8) is 0 Å². The number of urea groups is 1. The van der Waals surface area contributed by atoms with E-state index >= 15 is 0 Å². The average molecular weight is 731 g/mol. The second kappa shape index (κ2) is 13.7. The van der Waals surface area contributed by atoms with Crippen molar-refractivity contribution in [2.75, 3.05) is 24.6 Å². The molecule has 50 heavy (non-hydrogen) atoms. The lowest BCUT2D eigenvalue weighted by Crippen LogP contribution is -2.49. The van der Waals surface area contributed by atoms with Crippen molar-refractivity contribution in [3.8, 4) is 5.75 Å². The molecule has 9 nitrogen and oxygen atoms in total. The molecule has 2 aromatic rings. The Balaban J connectivity index is 1.27. The molecule has 1 spiro atoms. The molecule has 2 heterocycles. The van der Waals surface area contributed by atoms with Crippen LogP contribution in [0.2, 0.25) is 5.02 Å². The van der Waals surface area contributed by atoms with Gasteiger partial charge in [0.2, 0.25) is 6.43 Å². The fourth-order valence-corrected chi connectivity index (χ4v) is 10.3. The summed E-state index contributed by atoms with van der Waals surface area (Å²) in [5.74, 6) is -1.14. The van der Waals surface area contributed by atoms with E-state index in [4.69, 9.17) is 16.3 Å². The molecular formula is C37H45ClF2N4O5S. The molecule has 5 aliphatic rings. The largest absolute Gasteiger partial charge is 0.490 e. The molecule has 2 fully saturated rings. The maximum absolute atomic E-state index is 14.5. The number of amides is 3. The minimum atomic E-state index is -3.75. The summed E-state index contributed by atoms with van der Waals surface area (Å²) in [6.07, 6.45) is 5.67. The van der Waals surface area contributed by atoms with Gasteiger partial charge < -0.3 is 20.1 Å². The van der Waals surface area contributed by atoms with Crippen molar-refractivity contribution in [3.05, 3.63) is 70.3 Å². The number of nitrogens with zero attached hydrogens (tertiary/aromatic N) is 2. The first kappa shape index (κ1) is 35.2. The molecule has 0 radical (unpaired) electrons. The summed E-state index contributed by atoms with van der Waals surface area (Å²) in [6, 6.07) is 9.52. The van der Waals surface area contributed by atoms with Crippen LogP contribution in [0.1, 0.15) is 73.9 Å². The first-order valence-corrected chi connectivity index (χ1v) is 19.6. The maximum atomic E-state index is 14.5. The van der Waals surface area contributed by atoms with E-state index in [1.807, 2.05) is 25.1 Å². The monoisotopic (exact) mass is 730 g/mol. The molecule has 13 heteroatoms. The zero-order valence-corrected chi connectivity index (χ0v) is 29.9. The van der Waals surface area contributed by atoms with Crippen molar-refractivity contribution in [2.24, 2.45) is 28.0 Å². The summed E-state index contributed by atoms with van der Waals surface area (Å²) >= 11 is 6.41. The number of allylic oxidation sites excluding steroid dienone is 1. The molecule has 2 aromatic carbocycles. The third kappa shape index (κ3) is 6.87. The Morgan fingerprint density at radius 2 is 2.02 bits per heavy atom. The van der Waals surface area contributed by atoms with Gasteiger partial charge in [0.25, 0.3) is 5.91 Å². The Bertz CT molecular complexity index is 1820. The van der Waals surface area contributed by atoms with Crippen molar-refractivity contribution < 1.29 is 32.4 Å². The summed E-state index contributed by atoms with van der Waals surface area (Å²) in [4.78, 5) is 29.2. The van der Waals surface area contributed by atoms with Gasteiger partial charge in [-0.2, -0.15) is 0 Å². The van der Waals surface area contributed by atoms with Gasteiger partial charge in [-0.1, -0.05) is 36.7 Å². The molecule has 2 saturated carbocycles. The minimum Gasteiger partial charge on any atom is -0.490 e. The summed E-state index contributed by atoms with van der Waals surface area (Å²) in [5, 5.41) is 13.7. The molecule has 9 atom stereocenters. The quantitative estimate of drug-likeness (QED) is 0.304. The first-order chi connectivity index (χ1) is 23.9.